The molecule has 0 spiro atoms. The Bertz CT molecular complexity index is 1060. The smallest absolute Gasteiger partial charge is 0.321 e. The molecule has 2 aromatic carbocycles. The largest absolute Gasteiger partial charge is 0.480 e. The molecule has 30 heavy (non-hydrogen) atoms. The summed E-state index contributed by atoms with van der Waals surface area (Å²) >= 11 is 11.8. The average Bonchev–Trinajstić information content (AvgIpc) is 3.12. The monoisotopic (exact) mass is 451 g/mol. The number of anilines is 1. The number of nitrogens with zero attached hydrogens (tertiary/aromatic N) is 3. The maximum Gasteiger partial charge on any atom is 0.321 e. The van der Waals surface area contributed by atoms with Crippen LogP contribution in [0.1, 0.15) is 5.56 Å². The highest BCUT2D eigenvalue weighted by Crippen LogP contribution is 2.24. The molecule has 3 rings (SSSR count). The van der Waals surface area contributed by atoms with Gasteiger partial charge in [-0.1, -0.05) is 40.5 Å². The summed E-state index contributed by atoms with van der Waals surface area (Å²) in [5.41, 5.74) is 1.45. The van der Waals surface area contributed by atoms with Crippen molar-refractivity contribution in [2.75, 3.05) is 11.9 Å². The van der Waals surface area contributed by atoms with Crippen molar-refractivity contribution in [3.8, 4) is 5.69 Å². The number of aromatic nitrogens is 3. The Hall–Kier alpha value is -3.01. The topological polar surface area (TPSA) is 109 Å². The molecule has 1 unspecified atom stereocenters. The fourth-order valence-electron chi connectivity index (χ4n) is 2.68. The molecular formula is C19H16Cl2FN5O3. The molecule has 1 atom stereocenters. The number of carboxylic acid groups (broad SMARTS) is 1. The summed E-state index contributed by atoms with van der Waals surface area (Å²) in [5, 5.41) is 22.9. The summed E-state index contributed by atoms with van der Waals surface area (Å²) in [6.45, 7) is -0.276. The summed E-state index contributed by atoms with van der Waals surface area (Å²) < 4.78 is 14.4. The molecule has 1 heterocycles. The van der Waals surface area contributed by atoms with Crippen LogP contribution in [0.2, 0.25) is 10.2 Å². The van der Waals surface area contributed by atoms with Gasteiger partial charge < -0.3 is 10.4 Å². The van der Waals surface area contributed by atoms with E-state index < -0.39 is 23.7 Å². The van der Waals surface area contributed by atoms with Crippen molar-refractivity contribution in [2.24, 2.45) is 0 Å². The second-order valence-electron chi connectivity index (χ2n) is 6.30. The van der Waals surface area contributed by atoms with Gasteiger partial charge in [-0.15, -0.1) is 5.10 Å². The molecule has 1 aromatic heterocycles. The van der Waals surface area contributed by atoms with Gasteiger partial charge in [0.15, 0.2) is 5.15 Å². The highest BCUT2D eigenvalue weighted by Gasteiger charge is 2.19. The number of halogens is 3. The van der Waals surface area contributed by atoms with E-state index in [1.54, 1.807) is 12.1 Å². The minimum Gasteiger partial charge on any atom is -0.480 e. The molecule has 0 radical (unpaired) electrons. The number of hydrogen-bond donors (Lipinski definition) is 3. The Morgan fingerprint density at radius 3 is 2.53 bits per heavy atom. The van der Waals surface area contributed by atoms with Crippen LogP contribution in [-0.4, -0.2) is 44.6 Å². The number of nitrogens with one attached hydrogen (secondary N) is 2. The number of carbonyl (C=O) groups is 2. The second-order valence-corrected chi connectivity index (χ2v) is 7.12. The van der Waals surface area contributed by atoms with E-state index in [-0.39, 0.29) is 18.1 Å². The van der Waals surface area contributed by atoms with E-state index in [0.717, 1.165) is 0 Å². The van der Waals surface area contributed by atoms with E-state index in [4.69, 9.17) is 23.2 Å². The second kappa shape index (κ2) is 9.66. The molecule has 0 saturated heterocycles. The summed E-state index contributed by atoms with van der Waals surface area (Å²) in [5.74, 6) is -2.04. The van der Waals surface area contributed by atoms with Gasteiger partial charge in [0.05, 0.1) is 24.1 Å². The normalized spacial score (nSPS) is 11.8. The minimum atomic E-state index is -1.13. The summed E-state index contributed by atoms with van der Waals surface area (Å²) in [6.07, 6.45) is 1.55. The molecule has 156 valence electrons. The third kappa shape index (κ3) is 5.76. The fourth-order valence-corrected chi connectivity index (χ4v) is 2.98. The summed E-state index contributed by atoms with van der Waals surface area (Å²) in [7, 11) is 0. The van der Waals surface area contributed by atoms with E-state index in [1.165, 1.54) is 41.2 Å². The predicted octanol–water partition coefficient (Wildman–Crippen LogP) is 2.94. The van der Waals surface area contributed by atoms with E-state index in [2.05, 4.69) is 20.9 Å². The molecule has 0 aliphatic rings. The lowest BCUT2D eigenvalue weighted by atomic mass is 10.1. The maximum absolute atomic E-state index is 13.0. The van der Waals surface area contributed by atoms with Crippen LogP contribution in [-0.2, 0) is 16.0 Å². The van der Waals surface area contributed by atoms with Crippen LogP contribution < -0.4 is 10.6 Å². The van der Waals surface area contributed by atoms with E-state index in [9.17, 15) is 19.1 Å². The Labute approximate surface area is 180 Å². The Morgan fingerprint density at radius 1 is 1.17 bits per heavy atom. The number of aliphatic carboxylic acids is 1. The van der Waals surface area contributed by atoms with E-state index in [0.29, 0.717) is 22.0 Å². The molecule has 0 fully saturated rings. The van der Waals surface area contributed by atoms with Gasteiger partial charge in [0.1, 0.15) is 11.9 Å². The molecule has 1 amide bonds. The van der Waals surface area contributed by atoms with Crippen molar-refractivity contribution in [2.45, 2.75) is 12.5 Å². The first-order chi connectivity index (χ1) is 14.3. The Morgan fingerprint density at radius 2 is 1.90 bits per heavy atom. The zero-order valence-corrected chi connectivity index (χ0v) is 16.9. The number of benzene rings is 2. The van der Waals surface area contributed by atoms with E-state index >= 15 is 0 Å². The van der Waals surface area contributed by atoms with Gasteiger partial charge >= 0.3 is 5.97 Å². The molecule has 3 aromatic rings. The third-order valence-electron chi connectivity index (χ3n) is 4.11. The first kappa shape index (κ1) is 21.7. The van der Waals surface area contributed by atoms with Gasteiger partial charge in [-0.05, 0) is 42.3 Å². The molecule has 8 nitrogen and oxygen atoms in total. The van der Waals surface area contributed by atoms with Crippen LogP contribution in [0.5, 0.6) is 0 Å². The van der Waals surface area contributed by atoms with Gasteiger partial charge in [-0.25, -0.2) is 9.07 Å². The average molecular weight is 452 g/mol. The molecule has 0 aliphatic heterocycles. The highest BCUT2D eigenvalue weighted by molar-refractivity contribution is 6.31. The lowest BCUT2D eigenvalue weighted by molar-refractivity contribution is -0.139. The quantitative estimate of drug-likeness (QED) is 0.485. The van der Waals surface area contributed by atoms with Crippen LogP contribution in [0, 0.1) is 5.82 Å². The number of rotatable bonds is 8. The SMILES string of the molecule is O=C(CNC(Cc1ccc(F)cc1)C(=O)O)Nc1cc(Cl)ccc1-n1cc(Cl)nn1. The van der Waals surface area contributed by atoms with Crippen molar-refractivity contribution < 1.29 is 19.1 Å². The van der Waals surface area contributed by atoms with Crippen LogP contribution in [0.15, 0.2) is 48.7 Å². The molecule has 3 N–H and O–H groups in total. The lowest BCUT2D eigenvalue weighted by Gasteiger charge is -2.15. The number of carboxylic acids is 1. The van der Waals surface area contributed by atoms with E-state index in [1.807, 2.05) is 0 Å². The zero-order chi connectivity index (χ0) is 21.7. The summed E-state index contributed by atoms with van der Waals surface area (Å²) in [6, 6.07) is 9.22. The third-order valence-corrected chi connectivity index (χ3v) is 4.51. The van der Waals surface area contributed by atoms with Crippen LogP contribution in [0.3, 0.4) is 0 Å². The first-order valence-electron chi connectivity index (χ1n) is 8.70. The number of amides is 1. The van der Waals surface area contributed by atoms with Gasteiger partial charge in [-0.2, -0.15) is 0 Å². The predicted molar refractivity (Wildman–Crippen MR) is 110 cm³/mol. The van der Waals surface area contributed by atoms with Gasteiger partial charge in [0.25, 0.3) is 0 Å². The minimum absolute atomic E-state index is 0.0861. The van der Waals surface area contributed by atoms with Crippen molar-refractivity contribution in [1.29, 1.82) is 0 Å². The lowest BCUT2D eigenvalue weighted by Crippen LogP contribution is -2.42. The van der Waals surface area contributed by atoms with Crippen molar-refractivity contribution in [1.82, 2.24) is 20.3 Å². The highest BCUT2D eigenvalue weighted by atomic mass is 35.5. The van der Waals surface area contributed by atoms with Crippen LogP contribution in [0.25, 0.3) is 5.69 Å². The number of carbonyl (C=O) groups excluding carboxylic acids is 1. The van der Waals surface area contributed by atoms with Crippen molar-refractivity contribution in [3.05, 3.63) is 70.2 Å². The first-order valence-corrected chi connectivity index (χ1v) is 9.45. The van der Waals surface area contributed by atoms with Crippen LogP contribution in [0.4, 0.5) is 10.1 Å². The molecule has 0 saturated carbocycles. The fraction of sp³-hybridized carbons (Fsp3) is 0.158. The van der Waals surface area contributed by atoms with Gasteiger partial charge in [-0.3, -0.25) is 14.9 Å². The summed E-state index contributed by atoms with van der Waals surface area (Å²) in [4.78, 5) is 23.9. The Balaban J connectivity index is 1.66. The van der Waals surface area contributed by atoms with Crippen molar-refractivity contribution >= 4 is 40.8 Å². The van der Waals surface area contributed by atoms with Gasteiger partial charge in [0, 0.05) is 5.02 Å². The maximum atomic E-state index is 13.0. The molecule has 0 bridgehead atoms. The molecule has 0 aliphatic carbocycles. The van der Waals surface area contributed by atoms with Crippen LogP contribution >= 0.6 is 23.2 Å². The Kier molecular flexibility index (Phi) is 6.99. The standard InChI is InChI=1S/C19H16Cl2FN5O3/c20-12-3-6-16(27-10-17(21)25-26-27)14(8-12)24-18(28)9-23-15(19(29)30)7-11-1-4-13(22)5-2-11/h1-6,8,10,15,23H,7,9H2,(H,24,28)(H,29,30). The molecule has 11 heteroatoms. The zero-order valence-electron chi connectivity index (χ0n) is 15.3. The molecular weight excluding hydrogens is 436 g/mol. The van der Waals surface area contributed by atoms with Crippen molar-refractivity contribution in [3.63, 3.8) is 0 Å². The number of hydrogen-bond acceptors (Lipinski definition) is 5. The van der Waals surface area contributed by atoms with Gasteiger partial charge in [0.2, 0.25) is 5.91 Å².